The summed E-state index contributed by atoms with van der Waals surface area (Å²) < 4.78 is 12.5. The van der Waals surface area contributed by atoms with Gasteiger partial charge in [-0.05, 0) is 30.6 Å². The number of carbonyl (C=O) groups excluding carboxylic acids is 1. The number of likely N-dealkylation sites (tertiary alicyclic amines) is 1. The summed E-state index contributed by atoms with van der Waals surface area (Å²) in [5.74, 6) is 7.98. The number of benzene rings is 1. The quantitative estimate of drug-likeness (QED) is 0.465. The maximum absolute atomic E-state index is 12.1. The van der Waals surface area contributed by atoms with Crippen molar-refractivity contribution in [2.45, 2.75) is 12.5 Å². The van der Waals surface area contributed by atoms with Gasteiger partial charge >= 0.3 is 0 Å². The lowest BCUT2D eigenvalue weighted by Gasteiger charge is -2.15. The first-order chi connectivity index (χ1) is 16.5. The molecule has 1 aliphatic heterocycles. The van der Waals surface area contributed by atoms with Gasteiger partial charge in [0.2, 0.25) is 5.91 Å². The van der Waals surface area contributed by atoms with E-state index in [4.69, 9.17) is 14.6 Å². The largest absolute Gasteiger partial charge is 0.497 e. The molecule has 0 saturated carbocycles. The number of anilines is 1. The van der Waals surface area contributed by atoms with Crippen molar-refractivity contribution in [3.63, 3.8) is 0 Å². The number of ether oxygens (including phenoxy) is 2. The van der Waals surface area contributed by atoms with Crippen molar-refractivity contribution >= 4 is 22.6 Å². The van der Waals surface area contributed by atoms with Crippen LogP contribution in [0.15, 0.2) is 37.1 Å². The second-order valence-electron chi connectivity index (χ2n) is 7.68. The van der Waals surface area contributed by atoms with Gasteiger partial charge in [-0.1, -0.05) is 12.5 Å². The van der Waals surface area contributed by atoms with Crippen LogP contribution in [0.3, 0.4) is 0 Å². The number of rotatable bonds is 5. The number of methoxy groups -OCH3 is 2. The van der Waals surface area contributed by atoms with Crippen LogP contribution < -0.4 is 14.8 Å². The zero-order valence-electron chi connectivity index (χ0n) is 19.3. The molecule has 3 aromatic rings. The van der Waals surface area contributed by atoms with Crippen molar-refractivity contribution in [2.75, 3.05) is 39.7 Å². The molecular formula is C25H24N6O3. The second kappa shape index (κ2) is 9.55. The van der Waals surface area contributed by atoms with Crippen LogP contribution in [0.5, 0.6) is 11.5 Å². The Morgan fingerprint density at radius 2 is 2.00 bits per heavy atom. The van der Waals surface area contributed by atoms with E-state index in [-0.39, 0.29) is 11.9 Å². The van der Waals surface area contributed by atoms with Crippen LogP contribution in [0.1, 0.15) is 29.3 Å². The Labute approximate surface area is 197 Å². The Balaban J connectivity index is 1.86. The standard InChI is InChI=1S/C25H24N6O3/c1-5-22(32)30-9-8-18(15-30)31-24-17(13-26)14-28-25(27-2)23(24)21(29-31)7-6-16-10-19(33-3)12-20(11-16)34-4/h5,10-12,14,18H,1,8-9,15H2,2-4H3,(H,27,28)/t18-/m0/s1. The fourth-order valence-corrected chi connectivity index (χ4v) is 4.08. The highest BCUT2D eigenvalue weighted by molar-refractivity contribution is 5.97. The molecule has 1 fully saturated rings. The van der Waals surface area contributed by atoms with Gasteiger partial charge < -0.3 is 19.7 Å². The molecule has 1 saturated heterocycles. The zero-order valence-corrected chi connectivity index (χ0v) is 19.3. The van der Waals surface area contributed by atoms with Crippen LogP contribution in [0.25, 0.3) is 10.9 Å². The molecule has 0 bridgehead atoms. The number of carbonyl (C=O) groups is 1. The fourth-order valence-electron chi connectivity index (χ4n) is 4.08. The van der Waals surface area contributed by atoms with E-state index in [1.807, 2.05) is 16.8 Å². The predicted molar refractivity (Wildman–Crippen MR) is 128 cm³/mol. The van der Waals surface area contributed by atoms with Gasteiger partial charge in [-0.2, -0.15) is 10.4 Å². The lowest BCUT2D eigenvalue weighted by Crippen LogP contribution is -2.27. The van der Waals surface area contributed by atoms with Crippen LogP contribution in [-0.2, 0) is 4.79 Å². The maximum atomic E-state index is 12.1. The highest BCUT2D eigenvalue weighted by Crippen LogP contribution is 2.33. The number of pyridine rings is 1. The molecule has 3 heterocycles. The van der Waals surface area contributed by atoms with Gasteiger partial charge in [0.15, 0.2) is 0 Å². The number of nitrogens with one attached hydrogen (secondary N) is 1. The molecule has 1 amide bonds. The lowest BCUT2D eigenvalue weighted by atomic mass is 10.1. The summed E-state index contributed by atoms with van der Waals surface area (Å²) in [6, 6.07) is 7.51. The summed E-state index contributed by atoms with van der Waals surface area (Å²) in [7, 11) is 4.92. The normalized spacial score (nSPS) is 14.8. The van der Waals surface area contributed by atoms with Gasteiger partial charge in [0.05, 0.1) is 36.7 Å². The number of hydrogen-bond donors (Lipinski definition) is 1. The first kappa shape index (κ1) is 22.7. The van der Waals surface area contributed by atoms with Crippen molar-refractivity contribution in [1.82, 2.24) is 19.7 Å². The summed E-state index contributed by atoms with van der Waals surface area (Å²) in [4.78, 5) is 18.2. The Kier molecular flexibility index (Phi) is 6.37. The van der Waals surface area contributed by atoms with Crippen LogP contribution in [-0.4, -0.2) is 59.9 Å². The number of fused-ring (bicyclic) bond motifs is 1. The number of hydrogen-bond acceptors (Lipinski definition) is 7. The van der Waals surface area contributed by atoms with Crippen LogP contribution in [0.2, 0.25) is 0 Å². The molecule has 0 spiro atoms. The monoisotopic (exact) mass is 456 g/mol. The first-order valence-corrected chi connectivity index (χ1v) is 10.7. The Bertz CT molecular complexity index is 1350. The van der Waals surface area contributed by atoms with E-state index >= 15 is 0 Å². The third-order valence-electron chi connectivity index (χ3n) is 5.75. The number of amides is 1. The van der Waals surface area contributed by atoms with Crippen LogP contribution in [0, 0.1) is 23.2 Å². The second-order valence-corrected chi connectivity index (χ2v) is 7.68. The van der Waals surface area contributed by atoms with Crippen LogP contribution >= 0.6 is 0 Å². The molecule has 0 radical (unpaired) electrons. The maximum Gasteiger partial charge on any atom is 0.246 e. The summed E-state index contributed by atoms with van der Waals surface area (Å²) in [5, 5.41) is 18.3. The molecule has 0 unspecified atom stereocenters. The highest BCUT2D eigenvalue weighted by Gasteiger charge is 2.30. The van der Waals surface area contributed by atoms with E-state index in [0.29, 0.717) is 64.6 Å². The van der Waals surface area contributed by atoms with E-state index in [2.05, 4.69) is 34.8 Å². The highest BCUT2D eigenvalue weighted by atomic mass is 16.5. The third-order valence-corrected chi connectivity index (χ3v) is 5.75. The van der Waals surface area contributed by atoms with Gasteiger partial charge in [0.1, 0.15) is 29.1 Å². The fraction of sp³-hybridized carbons (Fsp3) is 0.280. The van der Waals surface area contributed by atoms with E-state index in [0.717, 1.165) is 0 Å². The van der Waals surface area contributed by atoms with Gasteiger partial charge in [-0.3, -0.25) is 9.48 Å². The zero-order chi connectivity index (χ0) is 24.2. The average molecular weight is 457 g/mol. The molecule has 1 N–H and O–H groups in total. The van der Waals surface area contributed by atoms with Crippen molar-refractivity contribution in [1.29, 1.82) is 5.26 Å². The number of nitriles is 1. The smallest absolute Gasteiger partial charge is 0.246 e. The molecule has 1 aromatic carbocycles. The van der Waals surface area contributed by atoms with E-state index in [9.17, 15) is 10.1 Å². The number of nitrogens with zero attached hydrogens (tertiary/aromatic N) is 5. The van der Waals surface area contributed by atoms with Gasteiger partial charge in [-0.15, -0.1) is 0 Å². The van der Waals surface area contributed by atoms with E-state index in [1.54, 1.807) is 32.2 Å². The third kappa shape index (κ3) is 4.12. The van der Waals surface area contributed by atoms with Gasteiger partial charge in [-0.25, -0.2) is 4.98 Å². The van der Waals surface area contributed by atoms with E-state index < -0.39 is 0 Å². The average Bonchev–Trinajstić information content (AvgIpc) is 3.51. The predicted octanol–water partition coefficient (Wildman–Crippen LogP) is 2.72. The summed E-state index contributed by atoms with van der Waals surface area (Å²) in [5.41, 5.74) is 2.22. The van der Waals surface area contributed by atoms with Gasteiger partial charge in [0, 0.05) is 38.0 Å². The molecular weight excluding hydrogens is 432 g/mol. The number of aromatic nitrogens is 3. The molecule has 172 valence electrons. The molecule has 9 nitrogen and oxygen atoms in total. The molecule has 0 aliphatic carbocycles. The van der Waals surface area contributed by atoms with Crippen molar-refractivity contribution < 1.29 is 14.3 Å². The summed E-state index contributed by atoms with van der Waals surface area (Å²) >= 11 is 0. The first-order valence-electron chi connectivity index (χ1n) is 10.7. The molecule has 4 rings (SSSR count). The minimum Gasteiger partial charge on any atom is -0.497 e. The lowest BCUT2D eigenvalue weighted by molar-refractivity contribution is -0.125. The van der Waals surface area contributed by atoms with Crippen molar-refractivity contribution in [2.24, 2.45) is 0 Å². The molecule has 2 aromatic heterocycles. The topological polar surface area (TPSA) is 105 Å². The Hall–Kier alpha value is -4.50. The molecule has 1 aliphatic rings. The summed E-state index contributed by atoms with van der Waals surface area (Å²) in [6.45, 7) is 4.64. The van der Waals surface area contributed by atoms with Crippen molar-refractivity contribution in [3.05, 3.63) is 53.9 Å². The van der Waals surface area contributed by atoms with Gasteiger partial charge in [0.25, 0.3) is 0 Å². The Morgan fingerprint density at radius 3 is 2.62 bits per heavy atom. The summed E-state index contributed by atoms with van der Waals surface area (Å²) in [6.07, 6.45) is 3.54. The minimum atomic E-state index is -0.121. The van der Waals surface area contributed by atoms with Crippen LogP contribution in [0.4, 0.5) is 5.82 Å². The van der Waals surface area contributed by atoms with Crippen molar-refractivity contribution in [3.8, 4) is 29.4 Å². The molecule has 1 atom stereocenters. The molecule has 34 heavy (non-hydrogen) atoms. The molecule has 9 heteroatoms. The minimum absolute atomic E-state index is 0.0990. The SMILES string of the molecule is C=CC(=O)N1CC[C@H](n2nc(C#Cc3cc(OC)cc(OC)c3)c3c(NC)ncc(C#N)c32)C1. The van der Waals surface area contributed by atoms with E-state index in [1.165, 1.54) is 12.3 Å². The Morgan fingerprint density at radius 1 is 1.26 bits per heavy atom.